The predicted molar refractivity (Wildman–Crippen MR) is 86.1 cm³/mol. The molecule has 0 radical (unpaired) electrons. The van der Waals surface area contributed by atoms with Crippen molar-refractivity contribution in [2.75, 3.05) is 0 Å². The molecule has 5 heteroatoms. The molecule has 0 spiro atoms. The Balaban J connectivity index is 2.33. The van der Waals surface area contributed by atoms with Gasteiger partial charge in [0.15, 0.2) is 0 Å². The molecule has 2 N–H and O–H groups in total. The van der Waals surface area contributed by atoms with Crippen molar-refractivity contribution in [3.05, 3.63) is 53.6 Å². The minimum Gasteiger partial charge on any atom is -0.456 e. The van der Waals surface area contributed by atoms with E-state index in [1.165, 1.54) is 0 Å². The molecule has 0 fully saturated rings. The van der Waals surface area contributed by atoms with Crippen LogP contribution in [0.2, 0.25) is 5.02 Å². The van der Waals surface area contributed by atoms with E-state index in [0.29, 0.717) is 21.7 Å². The van der Waals surface area contributed by atoms with Crippen molar-refractivity contribution >= 4 is 56.9 Å². The van der Waals surface area contributed by atoms with E-state index in [0.717, 1.165) is 21.5 Å². The highest BCUT2D eigenvalue weighted by atomic mass is 35.5. The molecule has 3 aromatic carbocycles. The maximum atomic E-state index is 9.60. The fraction of sp³-hybridized carbons (Fsp3) is 0. The number of halogens is 1. The molecule has 21 heavy (non-hydrogen) atoms. The van der Waals surface area contributed by atoms with Gasteiger partial charge in [-0.1, -0.05) is 41.9 Å². The molecule has 0 atom stereocenters. The van der Waals surface area contributed by atoms with Crippen LogP contribution >= 0.6 is 11.6 Å². The fourth-order valence-electron chi connectivity index (χ4n) is 2.88. The minimum absolute atomic E-state index is 0.424. The van der Waals surface area contributed by atoms with E-state index in [4.69, 9.17) is 16.0 Å². The van der Waals surface area contributed by atoms with Gasteiger partial charge in [0, 0.05) is 10.8 Å². The van der Waals surface area contributed by atoms with Gasteiger partial charge < -0.3 is 14.5 Å². The van der Waals surface area contributed by atoms with Crippen LogP contribution in [0.3, 0.4) is 0 Å². The first-order valence-electron chi connectivity index (χ1n) is 6.55. The van der Waals surface area contributed by atoms with Gasteiger partial charge in [-0.2, -0.15) is 0 Å². The maximum absolute atomic E-state index is 9.60. The first-order chi connectivity index (χ1) is 10.2. The number of benzene rings is 3. The highest BCUT2D eigenvalue weighted by molar-refractivity contribution is 6.62. The van der Waals surface area contributed by atoms with Crippen LogP contribution < -0.4 is 5.46 Å². The second-order valence-corrected chi connectivity index (χ2v) is 5.38. The standard InChI is InChI=1S/C16H10BClO3/c18-12-6-3-7-13-16(12)15-10-5-2-1-4-9(10)11(17(19)20)8-14(15)21-13/h1-8,19-20H. The van der Waals surface area contributed by atoms with Gasteiger partial charge in [-0.05, 0) is 34.4 Å². The summed E-state index contributed by atoms with van der Waals surface area (Å²) in [5.74, 6) is 0. The molecular formula is C16H10BClO3. The summed E-state index contributed by atoms with van der Waals surface area (Å²) in [5.41, 5.74) is 1.71. The largest absolute Gasteiger partial charge is 0.489 e. The molecular weight excluding hydrogens is 286 g/mol. The summed E-state index contributed by atoms with van der Waals surface area (Å²) in [5, 5.41) is 23.2. The summed E-state index contributed by atoms with van der Waals surface area (Å²) in [7, 11) is -1.55. The summed E-state index contributed by atoms with van der Waals surface area (Å²) in [6, 6.07) is 14.7. The lowest BCUT2D eigenvalue weighted by molar-refractivity contribution is 0.426. The monoisotopic (exact) mass is 296 g/mol. The Morgan fingerprint density at radius 1 is 0.857 bits per heavy atom. The lowest BCUT2D eigenvalue weighted by Crippen LogP contribution is -2.30. The average molecular weight is 297 g/mol. The highest BCUT2D eigenvalue weighted by Gasteiger charge is 2.20. The van der Waals surface area contributed by atoms with Crippen molar-refractivity contribution in [3.63, 3.8) is 0 Å². The van der Waals surface area contributed by atoms with Gasteiger partial charge in [-0.25, -0.2) is 0 Å². The van der Waals surface area contributed by atoms with Gasteiger partial charge in [0.05, 0.1) is 5.02 Å². The third-order valence-electron chi connectivity index (χ3n) is 3.76. The van der Waals surface area contributed by atoms with Crippen LogP contribution in [0.4, 0.5) is 0 Å². The number of furan rings is 1. The zero-order valence-corrected chi connectivity index (χ0v) is 11.6. The summed E-state index contributed by atoms with van der Waals surface area (Å²) in [6.07, 6.45) is 0. The second-order valence-electron chi connectivity index (χ2n) is 4.97. The Morgan fingerprint density at radius 2 is 1.62 bits per heavy atom. The van der Waals surface area contributed by atoms with Crippen LogP contribution in [0.5, 0.6) is 0 Å². The normalized spacial score (nSPS) is 11.6. The van der Waals surface area contributed by atoms with Crippen molar-refractivity contribution in [3.8, 4) is 0 Å². The molecule has 4 aromatic rings. The lowest BCUT2D eigenvalue weighted by atomic mass is 9.76. The molecule has 102 valence electrons. The molecule has 1 heterocycles. The van der Waals surface area contributed by atoms with Crippen LogP contribution in [0.15, 0.2) is 52.9 Å². The third-order valence-corrected chi connectivity index (χ3v) is 4.08. The van der Waals surface area contributed by atoms with Gasteiger partial charge in [0.1, 0.15) is 11.2 Å². The summed E-state index contributed by atoms with van der Waals surface area (Å²) in [6.45, 7) is 0. The average Bonchev–Trinajstić information content (AvgIpc) is 2.86. The molecule has 0 saturated carbocycles. The number of rotatable bonds is 1. The molecule has 0 saturated heterocycles. The van der Waals surface area contributed by atoms with Gasteiger partial charge in [0.2, 0.25) is 0 Å². The lowest BCUT2D eigenvalue weighted by Gasteiger charge is -2.06. The molecule has 3 nitrogen and oxygen atoms in total. The van der Waals surface area contributed by atoms with Crippen molar-refractivity contribution in [1.29, 1.82) is 0 Å². The Bertz CT molecular complexity index is 991. The van der Waals surface area contributed by atoms with E-state index in [9.17, 15) is 10.0 Å². The molecule has 0 unspecified atom stereocenters. The van der Waals surface area contributed by atoms with Gasteiger partial charge in [-0.3, -0.25) is 0 Å². The minimum atomic E-state index is -1.55. The van der Waals surface area contributed by atoms with E-state index < -0.39 is 7.12 Å². The number of hydrogen-bond acceptors (Lipinski definition) is 3. The third kappa shape index (κ3) is 1.77. The second kappa shape index (κ2) is 4.50. The van der Waals surface area contributed by atoms with Crippen molar-refractivity contribution in [1.82, 2.24) is 0 Å². The smallest absolute Gasteiger partial charge is 0.456 e. The predicted octanol–water partition coefficient (Wildman–Crippen LogP) is 3.07. The zero-order valence-electron chi connectivity index (χ0n) is 10.9. The number of hydrogen-bond donors (Lipinski definition) is 2. The maximum Gasteiger partial charge on any atom is 0.489 e. The van der Waals surface area contributed by atoms with E-state index in [1.807, 2.05) is 42.5 Å². The van der Waals surface area contributed by atoms with Gasteiger partial charge in [-0.15, -0.1) is 0 Å². The highest BCUT2D eigenvalue weighted by Crippen LogP contribution is 2.37. The Kier molecular flexibility index (Phi) is 2.72. The number of fused-ring (bicyclic) bond motifs is 5. The summed E-state index contributed by atoms with van der Waals surface area (Å²) >= 11 is 6.32. The van der Waals surface area contributed by atoms with E-state index in [2.05, 4.69) is 0 Å². The quantitative estimate of drug-likeness (QED) is 0.531. The molecule has 0 aliphatic heterocycles. The molecule has 0 bridgehead atoms. The first kappa shape index (κ1) is 12.7. The molecule has 0 amide bonds. The zero-order chi connectivity index (χ0) is 14.6. The van der Waals surface area contributed by atoms with Crippen molar-refractivity contribution in [2.24, 2.45) is 0 Å². The molecule has 1 aromatic heterocycles. The van der Waals surface area contributed by atoms with Crippen molar-refractivity contribution in [2.45, 2.75) is 0 Å². The van der Waals surface area contributed by atoms with Crippen molar-refractivity contribution < 1.29 is 14.5 Å². The fourth-order valence-corrected chi connectivity index (χ4v) is 3.14. The van der Waals surface area contributed by atoms with E-state index in [-0.39, 0.29) is 0 Å². The Hall–Kier alpha value is -2.01. The first-order valence-corrected chi connectivity index (χ1v) is 6.93. The van der Waals surface area contributed by atoms with E-state index >= 15 is 0 Å². The van der Waals surface area contributed by atoms with Gasteiger partial charge in [0.25, 0.3) is 0 Å². The molecule has 4 rings (SSSR count). The Labute approximate surface area is 125 Å². The van der Waals surface area contributed by atoms with Crippen LogP contribution in [0, 0.1) is 0 Å². The van der Waals surface area contributed by atoms with Crippen LogP contribution in [0.25, 0.3) is 32.7 Å². The van der Waals surface area contributed by atoms with E-state index in [1.54, 1.807) is 6.07 Å². The van der Waals surface area contributed by atoms with Crippen LogP contribution in [-0.4, -0.2) is 17.2 Å². The molecule has 0 aliphatic rings. The molecule has 0 aliphatic carbocycles. The van der Waals surface area contributed by atoms with Gasteiger partial charge >= 0.3 is 7.12 Å². The van der Waals surface area contributed by atoms with Crippen LogP contribution in [0.1, 0.15) is 0 Å². The summed E-state index contributed by atoms with van der Waals surface area (Å²) < 4.78 is 5.83. The summed E-state index contributed by atoms with van der Waals surface area (Å²) in [4.78, 5) is 0. The van der Waals surface area contributed by atoms with Crippen LogP contribution in [-0.2, 0) is 0 Å². The topological polar surface area (TPSA) is 53.6 Å². The SMILES string of the molecule is OB(O)c1cc2oc3cccc(Cl)c3c2c2ccccc12. The Morgan fingerprint density at radius 3 is 2.38 bits per heavy atom.